The van der Waals surface area contributed by atoms with Crippen LogP contribution in [0.15, 0.2) is 60.9 Å². The van der Waals surface area contributed by atoms with Gasteiger partial charge in [0.15, 0.2) is 0 Å². The van der Waals surface area contributed by atoms with E-state index in [1.54, 1.807) is 0 Å². The first-order valence-electron chi connectivity index (χ1n) is 10.1. The van der Waals surface area contributed by atoms with Crippen LogP contribution in [0.4, 0.5) is 0 Å². The van der Waals surface area contributed by atoms with Crippen LogP contribution in [0.25, 0.3) is 0 Å². The van der Waals surface area contributed by atoms with E-state index in [0.29, 0.717) is 13.0 Å². The summed E-state index contributed by atoms with van der Waals surface area (Å²) in [6, 6.07) is 17.9. The SMILES string of the molecule is O=C(NCc1ccc(CN2CCCC2)cc1)C(Cc1ccccc1)n1cnnn1. The van der Waals surface area contributed by atoms with Gasteiger partial charge in [-0.3, -0.25) is 9.69 Å². The lowest BCUT2D eigenvalue weighted by molar-refractivity contribution is -0.124. The van der Waals surface area contributed by atoms with Gasteiger partial charge in [0.25, 0.3) is 0 Å². The van der Waals surface area contributed by atoms with Crippen LogP contribution in [0.2, 0.25) is 0 Å². The molecule has 0 radical (unpaired) electrons. The van der Waals surface area contributed by atoms with Crippen molar-refractivity contribution < 1.29 is 4.79 Å². The average molecular weight is 390 g/mol. The molecule has 0 saturated carbocycles. The summed E-state index contributed by atoms with van der Waals surface area (Å²) in [6.07, 6.45) is 4.62. The molecule has 7 heteroatoms. The lowest BCUT2D eigenvalue weighted by Crippen LogP contribution is -2.34. The Morgan fingerprint density at radius 2 is 1.69 bits per heavy atom. The maximum absolute atomic E-state index is 12.9. The highest BCUT2D eigenvalue weighted by Gasteiger charge is 2.22. The smallest absolute Gasteiger partial charge is 0.245 e. The van der Waals surface area contributed by atoms with Crippen molar-refractivity contribution in [2.75, 3.05) is 13.1 Å². The molecule has 1 unspecified atom stereocenters. The van der Waals surface area contributed by atoms with Crippen LogP contribution in [-0.2, 0) is 24.3 Å². The lowest BCUT2D eigenvalue weighted by Gasteiger charge is -2.17. The minimum Gasteiger partial charge on any atom is -0.350 e. The number of carbonyl (C=O) groups is 1. The highest BCUT2D eigenvalue weighted by atomic mass is 16.2. The Hall–Kier alpha value is -3.06. The molecule has 1 amide bonds. The highest BCUT2D eigenvalue weighted by molar-refractivity contribution is 5.80. The maximum Gasteiger partial charge on any atom is 0.245 e. The van der Waals surface area contributed by atoms with Crippen molar-refractivity contribution in [2.45, 2.75) is 38.4 Å². The molecule has 2 aromatic carbocycles. The normalized spacial score (nSPS) is 15.3. The first kappa shape index (κ1) is 19.3. The van der Waals surface area contributed by atoms with Gasteiger partial charge in [-0.25, -0.2) is 4.68 Å². The van der Waals surface area contributed by atoms with E-state index in [4.69, 9.17) is 0 Å². The third-order valence-electron chi connectivity index (χ3n) is 5.35. The zero-order chi connectivity index (χ0) is 19.9. The Balaban J connectivity index is 1.36. The molecule has 0 spiro atoms. The van der Waals surface area contributed by atoms with Crippen LogP contribution in [0.3, 0.4) is 0 Å². The van der Waals surface area contributed by atoms with E-state index < -0.39 is 6.04 Å². The van der Waals surface area contributed by atoms with Crippen molar-refractivity contribution in [3.63, 3.8) is 0 Å². The summed E-state index contributed by atoms with van der Waals surface area (Å²) in [6.45, 7) is 3.87. The summed E-state index contributed by atoms with van der Waals surface area (Å²) in [5, 5.41) is 14.3. The largest absolute Gasteiger partial charge is 0.350 e. The number of hydrogen-bond acceptors (Lipinski definition) is 5. The number of tetrazole rings is 1. The number of amides is 1. The molecule has 1 fully saturated rings. The van der Waals surface area contributed by atoms with Crippen molar-refractivity contribution in [3.8, 4) is 0 Å². The van der Waals surface area contributed by atoms with Gasteiger partial charge >= 0.3 is 0 Å². The van der Waals surface area contributed by atoms with Crippen molar-refractivity contribution in [1.29, 1.82) is 0 Å². The molecule has 1 aliphatic rings. The lowest BCUT2D eigenvalue weighted by atomic mass is 10.1. The van der Waals surface area contributed by atoms with Crippen LogP contribution in [0, 0.1) is 0 Å². The topological polar surface area (TPSA) is 75.9 Å². The Morgan fingerprint density at radius 1 is 0.966 bits per heavy atom. The summed E-state index contributed by atoms with van der Waals surface area (Å²) in [5.74, 6) is -0.0951. The summed E-state index contributed by atoms with van der Waals surface area (Å²) >= 11 is 0. The highest BCUT2D eigenvalue weighted by Crippen LogP contribution is 2.15. The van der Waals surface area contributed by atoms with Gasteiger partial charge in [0.1, 0.15) is 12.4 Å². The molecule has 150 valence electrons. The molecular weight excluding hydrogens is 364 g/mol. The van der Waals surface area contributed by atoms with E-state index in [2.05, 4.69) is 50.0 Å². The van der Waals surface area contributed by atoms with Crippen LogP contribution in [0.5, 0.6) is 0 Å². The minimum atomic E-state index is -0.484. The molecule has 1 saturated heterocycles. The molecule has 1 aromatic heterocycles. The summed E-state index contributed by atoms with van der Waals surface area (Å²) in [5.41, 5.74) is 3.46. The van der Waals surface area contributed by atoms with E-state index in [1.807, 2.05) is 30.3 Å². The molecular formula is C22H26N6O. The molecule has 4 rings (SSSR count). The summed E-state index contributed by atoms with van der Waals surface area (Å²) < 4.78 is 1.52. The quantitative estimate of drug-likeness (QED) is 0.639. The Morgan fingerprint density at radius 3 is 2.38 bits per heavy atom. The third-order valence-corrected chi connectivity index (χ3v) is 5.35. The van der Waals surface area contributed by atoms with E-state index in [-0.39, 0.29) is 5.91 Å². The van der Waals surface area contributed by atoms with Crippen LogP contribution in [-0.4, -0.2) is 44.1 Å². The standard InChI is InChI=1S/C22H26N6O/c29-22(21(28-17-24-25-26-28)14-18-6-2-1-3-7-18)23-15-19-8-10-20(11-9-19)16-27-12-4-5-13-27/h1-3,6-11,17,21H,4-5,12-16H2,(H,23,29). The number of hydrogen-bond donors (Lipinski definition) is 1. The van der Waals surface area contributed by atoms with Gasteiger partial charge in [-0.2, -0.15) is 0 Å². The third kappa shape index (κ3) is 5.26. The molecule has 1 N–H and O–H groups in total. The van der Waals surface area contributed by atoms with Gasteiger partial charge < -0.3 is 5.32 Å². The van der Waals surface area contributed by atoms with Gasteiger partial charge in [-0.15, -0.1) is 5.10 Å². The zero-order valence-electron chi connectivity index (χ0n) is 16.4. The van der Waals surface area contributed by atoms with Crippen molar-refractivity contribution in [1.82, 2.24) is 30.4 Å². The number of likely N-dealkylation sites (tertiary alicyclic amines) is 1. The monoisotopic (exact) mass is 390 g/mol. The zero-order valence-corrected chi connectivity index (χ0v) is 16.4. The number of nitrogens with one attached hydrogen (secondary N) is 1. The molecule has 3 aromatic rings. The fraction of sp³-hybridized carbons (Fsp3) is 0.364. The first-order chi connectivity index (χ1) is 14.3. The van der Waals surface area contributed by atoms with Gasteiger partial charge in [-0.1, -0.05) is 54.6 Å². The minimum absolute atomic E-state index is 0.0951. The predicted octanol–water partition coefficient (Wildman–Crippen LogP) is 2.37. The molecule has 1 atom stereocenters. The second kappa shape index (κ2) is 9.43. The Kier molecular flexibility index (Phi) is 6.26. The molecule has 7 nitrogen and oxygen atoms in total. The Bertz CT molecular complexity index is 889. The fourth-order valence-electron chi connectivity index (χ4n) is 3.72. The summed E-state index contributed by atoms with van der Waals surface area (Å²) in [4.78, 5) is 15.4. The van der Waals surface area contributed by atoms with Gasteiger partial charge in [0.2, 0.25) is 5.91 Å². The van der Waals surface area contributed by atoms with E-state index >= 15 is 0 Å². The second-order valence-electron chi connectivity index (χ2n) is 7.51. The second-order valence-corrected chi connectivity index (χ2v) is 7.51. The van der Waals surface area contributed by atoms with Crippen LogP contribution < -0.4 is 5.32 Å². The van der Waals surface area contributed by atoms with Gasteiger partial charge in [0, 0.05) is 19.5 Å². The maximum atomic E-state index is 12.9. The number of benzene rings is 2. The summed E-state index contributed by atoms with van der Waals surface area (Å²) in [7, 11) is 0. The molecule has 2 heterocycles. The van der Waals surface area contributed by atoms with Crippen molar-refractivity contribution >= 4 is 5.91 Å². The van der Waals surface area contributed by atoms with Gasteiger partial charge in [0.05, 0.1) is 0 Å². The molecule has 29 heavy (non-hydrogen) atoms. The van der Waals surface area contributed by atoms with Crippen LogP contribution >= 0.6 is 0 Å². The predicted molar refractivity (Wildman–Crippen MR) is 110 cm³/mol. The van der Waals surface area contributed by atoms with Crippen molar-refractivity contribution in [2.24, 2.45) is 0 Å². The number of aromatic nitrogens is 4. The molecule has 1 aliphatic heterocycles. The first-order valence-corrected chi connectivity index (χ1v) is 10.1. The Labute approximate surface area is 170 Å². The van der Waals surface area contributed by atoms with Gasteiger partial charge in [-0.05, 0) is 53.0 Å². The molecule has 0 bridgehead atoms. The number of nitrogens with zero attached hydrogens (tertiary/aromatic N) is 5. The van der Waals surface area contributed by atoms with E-state index in [0.717, 1.165) is 17.7 Å². The van der Waals surface area contributed by atoms with E-state index in [9.17, 15) is 4.79 Å². The fourth-order valence-corrected chi connectivity index (χ4v) is 3.72. The average Bonchev–Trinajstić information content (AvgIpc) is 3.46. The molecule has 0 aliphatic carbocycles. The number of rotatable bonds is 8. The van der Waals surface area contributed by atoms with E-state index in [1.165, 1.54) is 42.5 Å². The van der Waals surface area contributed by atoms with Crippen LogP contribution in [0.1, 0.15) is 35.6 Å². The number of carbonyl (C=O) groups excluding carboxylic acids is 1. The van der Waals surface area contributed by atoms with Crippen molar-refractivity contribution in [3.05, 3.63) is 77.6 Å².